The standard InChI is InChI=1S/C23H31N5O3/c1-6-31-22(29)18-7-9-19(10-8-18)26-23(30)28-13-11-27(12-14-28)21-20(15(2)3)16(4)24-17(5)25-21/h7-10,15H,6,11-14H2,1-5H3,(H,26,30). The molecule has 2 amide bonds. The first-order chi connectivity index (χ1) is 14.8. The number of piperazine rings is 1. The van der Waals surface area contributed by atoms with Crippen LogP contribution < -0.4 is 10.2 Å². The Bertz CT molecular complexity index is 935. The molecule has 1 saturated heterocycles. The van der Waals surface area contributed by atoms with Crippen LogP contribution in [0, 0.1) is 13.8 Å². The van der Waals surface area contributed by atoms with E-state index in [0.29, 0.717) is 50.0 Å². The van der Waals surface area contributed by atoms with Gasteiger partial charge in [-0.1, -0.05) is 13.8 Å². The van der Waals surface area contributed by atoms with E-state index >= 15 is 0 Å². The molecule has 1 fully saturated rings. The van der Waals surface area contributed by atoms with Crippen molar-refractivity contribution >= 4 is 23.5 Å². The maximum absolute atomic E-state index is 12.7. The first-order valence-corrected chi connectivity index (χ1v) is 10.7. The Morgan fingerprint density at radius 3 is 2.29 bits per heavy atom. The Hall–Kier alpha value is -3.16. The zero-order valence-electron chi connectivity index (χ0n) is 18.9. The lowest BCUT2D eigenvalue weighted by Gasteiger charge is -2.36. The van der Waals surface area contributed by atoms with Gasteiger partial charge in [-0.25, -0.2) is 19.6 Å². The number of esters is 1. The van der Waals surface area contributed by atoms with Crippen molar-refractivity contribution in [1.29, 1.82) is 0 Å². The Morgan fingerprint density at radius 2 is 1.71 bits per heavy atom. The monoisotopic (exact) mass is 425 g/mol. The van der Waals surface area contributed by atoms with Gasteiger partial charge in [0.15, 0.2) is 0 Å². The molecule has 0 bridgehead atoms. The number of nitrogens with one attached hydrogen (secondary N) is 1. The predicted octanol–water partition coefficient (Wildman–Crippen LogP) is 3.75. The molecule has 0 saturated carbocycles. The second-order valence-corrected chi connectivity index (χ2v) is 7.95. The highest BCUT2D eigenvalue weighted by molar-refractivity contribution is 5.92. The van der Waals surface area contributed by atoms with Crippen LogP contribution in [0.5, 0.6) is 0 Å². The van der Waals surface area contributed by atoms with Gasteiger partial charge in [-0.2, -0.15) is 0 Å². The third-order valence-electron chi connectivity index (χ3n) is 5.32. The molecular weight excluding hydrogens is 394 g/mol. The normalized spacial score (nSPS) is 14.0. The molecule has 1 aromatic carbocycles. The molecule has 1 aliphatic heterocycles. The van der Waals surface area contributed by atoms with Gasteiger partial charge in [0.25, 0.3) is 0 Å². The van der Waals surface area contributed by atoms with E-state index in [0.717, 1.165) is 17.3 Å². The van der Waals surface area contributed by atoms with E-state index in [4.69, 9.17) is 9.72 Å². The van der Waals surface area contributed by atoms with Crippen molar-refractivity contribution in [2.75, 3.05) is 43.0 Å². The van der Waals surface area contributed by atoms with Gasteiger partial charge in [0, 0.05) is 43.1 Å². The van der Waals surface area contributed by atoms with Crippen LogP contribution in [0.25, 0.3) is 0 Å². The number of anilines is 2. The lowest BCUT2D eigenvalue weighted by molar-refractivity contribution is 0.0526. The van der Waals surface area contributed by atoms with Crippen molar-refractivity contribution in [3.8, 4) is 0 Å². The van der Waals surface area contributed by atoms with Gasteiger partial charge in [0.1, 0.15) is 11.6 Å². The highest BCUT2D eigenvalue weighted by Crippen LogP contribution is 2.29. The number of urea groups is 1. The summed E-state index contributed by atoms with van der Waals surface area (Å²) in [5.41, 5.74) is 3.30. The number of benzene rings is 1. The van der Waals surface area contributed by atoms with Gasteiger partial charge in [0.2, 0.25) is 0 Å². The zero-order valence-corrected chi connectivity index (χ0v) is 18.9. The van der Waals surface area contributed by atoms with Crippen LogP contribution in [0.15, 0.2) is 24.3 Å². The molecule has 0 aliphatic carbocycles. The summed E-state index contributed by atoms with van der Waals surface area (Å²) in [6.07, 6.45) is 0. The van der Waals surface area contributed by atoms with E-state index in [-0.39, 0.29) is 12.0 Å². The molecule has 3 rings (SSSR count). The molecule has 166 valence electrons. The molecule has 8 nitrogen and oxygen atoms in total. The minimum Gasteiger partial charge on any atom is -0.462 e. The average Bonchev–Trinajstić information content (AvgIpc) is 2.73. The second-order valence-electron chi connectivity index (χ2n) is 7.95. The number of carbonyl (C=O) groups is 2. The number of hydrogen-bond donors (Lipinski definition) is 1. The number of ether oxygens (including phenoxy) is 1. The number of aryl methyl sites for hydroxylation is 2. The fourth-order valence-electron chi connectivity index (χ4n) is 3.85. The number of nitrogens with zero attached hydrogens (tertiary/aromatic N) is 4. The molecule has 0 radical (unpaired) electrons. The van der Waals surface area contributed by atoms with Crippen molar-refractivity contribution in [2.45, 2.75) is 40.5 Å². The largest absolute Gasteiger partial charge is 0.462 e. The van der Waals surface area contributed by atoms with Gasteiger partial charge in [-0.3, -0.25) is 0 Å². The summed E-state index contributed by atoms with van der Waals surface area (Å²) in [6.45, 7) is 13.0. The van der Waals surface area contributed by atoms with Gasteiger partial charge < -0.3 is 19.9 Å². The lowest BCUT2D eigenvalue weighted by atomic mass is 10.0. The summed E-state index contributed by atoms with van der Waals surface area (Å²) in [4.78, 5) is 37.7. The quantitative estimate of drug-likeness (QED) is 0.734. The van der Waals surface area contributed by atoms with Crippen LogP contribution in [0.1, 0.15) is 54.1 Å². The fraction of sp³-hybridized carbons (Fsp3) is 0.478. The first-order valence-electron chi connectivity index (χ1n) is 10.7. The Labute approximate surface area is 183 Å². The summed E-state index contributed by atoms with van der Waals surface area (Å²) in [5, 5.41) is 2.90. The van der Waals surface area contributed by atoms with Crippen molar-refractivity contribution in [3.05, 3.63) is 46.9 Å². The number of hydrogen-bond acceptors (Lipinski definition) is 6. The SMILES string of the molecule is CCOC(=O)c1ccc(NC(=O)N2CCN(c3nc(C)nc(C)c3C(C)C)CC2)cc1. The van der Waals surface area contributed by atoms with E-state index < -0.39 is 0 Å². The van der Waals surface area contributed by atoms with Crippen LogP contribution in [0.4, 0.5) is 16.3 Å². The van der Waals surface area contributed by atoms with Crippen molar-refractivity contribution in [3.63, 3.8) is 0 Å². The van der Waals surface area contributed by atoms with E-state index in [1.54, 1.807) is 36.1 Å². The molecule has 1 aliphatic rings. The van der Waals surface area contributed by atoms with Crippen LogP contribution in [-0.2, 0) is 4.74 Å². The van der Waals surface area contributed by atoms with Crippen molar-refractivity contribution < 1.29 is 14.3 Å². The van der Waals surface area contributed by atoms with Crippen LogP contribution in [-0.4, -0.2) is 59.7 Å². The van der Waals surface area contributed by atoms with E-state index in [9.17, 15) is 9.59 Å². The highest BCUT2D eigenvalue weighted by atomic mass is 16.5. The highest BCUT2D eigenvalue weighted by Gasteiger charge is 2.25. The van der Waals surface area contributed by atoms with Gasteiger partial charge in [0.05, 0.1) is 12.2 Å². The molecule has 8 heteroatoms. The Balaban J connectivity index is 1.61. The summed E-state index contributed by atoms with van der Waals surface area (Å²) in [6, 6.07) is 6.57. The third-order valence-corrected chi connectivity index (χ3v) is 5.32. The van der Waals surface area contributed by atoms with Gasteiger partial charge in [-0.15, -0.1) is 0 Å². The third kappa shape index (κ3) is 5.31. The average molecular weight is 426 g/mol. The van der Waals surface area contributed by atoms with Crippen LogP contribution in [0.2, 0.25) is 0 Å². The molecule has 2 aromatic rings. The van der Waals surface area contributed by atoms with Crippen molar-refractivity contribution in [1.82, 2.24) is 14.9 Å². The van der Waals surface area contributed by atoms with Crippen LogP contribution >= 0.6 is 0 Å². The molecule has 31 heavy (non-hydrogen) atoms. The Morgan fingerprint density at radius 1 is 1.06 bits per heavy atom. The van der Waals surface area contributed by atoms with Gasteiger partial charge in [-0.05, 0) is 51.0 Å². The summed E-state index contributed by atoms with van der Waals surface area (Å²) in [7, 11) is 0. The van der Waals surface area contributed by atoms with E-state index in [1.807, 2.05) is 13.8 Å². The molecular formula is C23H31N5O3. The molecule has 1 N–H and O–H groups in total. The fourth-order valence-corrected chi connectivity index (χ4v) is 3.85. The lowest BCUT2D eigenvalue weighted by Crippen LogP contribution is -2.50. The van der Waals surface area contributed by atoms with E-state index in [1.165, 1.54) is 5.56 Å². The molecule has 0 atom stereocenters. The number of amides is 2. The Kier molecular flexibility index (Phi) is 7.09. The first kappa shape index (κ1) is 22.5. The molecule has 1 aromatic heterocycles. The maximum Gasteiger partial charge on any atom is 0.338 e. The molecule has 2 heterocycles. The summed E-state index contributed by atoms with van der Waals surface area (Å²) < 4.78 is 4.98. The number of rotatable bonds is 5. The van der Waals surface area contributed by atoms with Crippen molar-refractivity contribution in [2.24, 2.45) is 0 Å². The number of aromatic nitrogens is 2. The number of carbonyl (C=O) groups excluding carboxylic acids is 2. The van der Waals surface area contributed by atoms with Gasteiger partial charge >= 0.3 is 12.0 Å². The smallest absolute Gasteiger partial charge is 0.338 e. The summed E-state index contributed by atoms with van der Waals surface area (Å²) >= 11 is 0. The maximum atomic E-state index is 12.7. The minimum atomic E-state index is -0.368. The molecule has 0 spiro atoms. The molecule has 0 unspecified atom stereocenters. The second kappa shape index (κ2) is 9.76. The topological polar surface area (TPSA) is 87.7 Å². The zero-order chi connectivity index (χ0) is 22.5. The minimum absolute atomic E-state index is 0.150. The predicted molar refractivity (Wildman–Crippen MR) is 121 cm³/mol. The summed E-state index contributed by atoms with van der Waals surface area (Å²) in [5.74, 6) is 1.71. The van der Waals surface area contributed by atoms with Crippen LogP contribution in [0.3, 0.4) is 0 Å². The van der Waals surface area contributed by atoms with E-state index in [2.05, 4.69) is 29.0 Å².